The summed E-state index contributed by atoms with van der Waals surface area (Å²) in [6, 6.07) is 5.96. The van der Waals surface area contributed by atoms with Crippen LogP contribution in [0.4, 0.5) is 0 Å². The second kappa shape index (κ2) is 6.54. The minimum atomic E-state index is -4.67. The lowest BCUT2D eigenvalue weighted by molar-refractivity contribution is -0.0226. The largest absolute Gasteiger partial charge is 0.508 e. The number of hydrogen-bond donors (Lipinski definition) is 4. The molecule has 6 nitrogen and oxygen atoms in total. The first kappa shape index (κ1) is 18.6. The lowest BCUT2D eigenvalue weighted by Crippen LogP contribution is -2.43. The molecule has 7 heteroatoms. The van der Waals surface area contributed by atoms with Crippen LogP contribution in [0.2, 0.25) is 0 Å². The van der Waals surface area contributed by atoms with Crippen LogP contribution < -0.4 is 0 Å². The summed E-state index contributed by atoms with van der Waals surface area (Å²) in [5.41, 5.74) is 2.99. The van der Waals surface area contributed by atoms with Gasteiger partial charge in [-0.25, -0.2) is 0 Å². The predicted octanol–water partition coefficient (Wildman–Crippen LogP) is 2.96. The van der Waals surface area contributed by atoms with Gasteiger partial charge in [-0.15, -0.1) is 0 Å². The van der Waals surface area contributed by atoms with Crippen LogP contribution in [0.3, 0.4) is 0 Å². The van der Waals surface area contributed by atoms with Gasteiger partial charge in [-0.05, 0) is 85.0 Å². The standard InChI is InChI=1S/C18H24O2.H2O4S/c1-18-9-8-14-13-5-3-12(19)10-11(13)2-4-15(14)16(18)6-7-17(18)20;1-5(2,3)4/h3,5,10,14-17,19-20H,2,4,6-9H2,1H3;(H2,1,2,3,4). The number of aromatic hydroxyl groups is 1. The number of phenols is 1. The van der Waals surface area contributed by atoms with Crippen molar-refractivity contribution in [2.45, 2.75) is 57.5 Å². The lowest BCUT2D eigenvalue weighted by Gasteiger charge is -2.50. The molecule has 140 valence electrons. The molecule has 5 unspecified atom stereocenters. The fraction of sp³-hybridized carbons (Fsp3) is 0.667. The maximum absolute atomic E-state index is 10.4. The molecule has 1 aromatic carbocycles. The van der Waals surface area contributed by atoms with Gasteiger partial charge in [-0.2, -0.15) is 8.42 Å². The number of fused-ring (bicyclic) bond motifs is 5. The number of aryl methyl sites for hydroxylation is 1. The molecule has 5 atom stereocenters. The van der Waals surface area contributed by atoms with E-state index in [0.29, 0.717) is 17.6 Å². The summed E-state index contributed by atoms with van der Waals surface area (Å²) in [5.74, 6) is 2.49. The highest BCUT2D eigenvalue weighted by molar-refractivity contribution is 7.79. The molecule has 4 rings (SSSR count). The molecular formula is C18H26O6S. The molecule has 0 amide bonds. The number of benzene rings is 1. The van der Waals surface area contributed by atoms with E-state index in [0.717, 1.165) is 25.2 Å². The molecule has 0 saturated heterocycles. The van der Waals surface area contributed by atoms with Gasteiger partial charge in [-0.1, -0.05) is 13.0 Å². The number of rotatable bonds is 0. The molecule has 0 heterocycles. The maximum Gasteiger partial charge on any atom is 0.394 e. The Balaban J connectivity index is 0.000000324. The van der Waals surface area contributed by atoms with Crippen LogP contribution in [0.15, 0.2) is 18.2 Å². The zero-order chi connectivity index (χ0) is 18.4. The highest BCUT2D eigenvalue weighted by Crippen LogP contribution is 2.60. The third-order valence-electron chi connectivity index (χ3n) is 6.66. The van der Waals surface area contributed by atoms with Crippen LogP contribution in [0.5, 0.6) is 5.75 Å². The topological polar surface area (TPSA) is 115 Å². The Kier molecular flexibility index (Phi) is 4.87. The number of aliphatic hydroxyl groups is 1. The monoisotopic (exact) mass is 370 g/mol. The van der Waals surface area contributed by atoms with E-state index in [2.05, 4.69) is 13.0 Å². The van der Waals surface area contributed by atoms with Crippen molar-refractivity contribution >= 4 is 10.4 Å². The second-order valence-corrected chi connectivity index (χ2v) is 8.78. The molecule has 3 aliphatic carbocycles. The van der Waals surface area contributed by atoms with E-state index < -0.39 is 10.4 Å². The van der Waals surface area contributed by atoms with Gasteiger partial charge >= 0.3 is 10.4 Å². The van der Waals surface area contributed by atoms with Crippen LogP contribution in [-0.4, -0.2) is 33.8 Å². The molecule has 2 fully saturated rings. The van der Waals surface area contributed by atoms with Crippen molar-refractivity contribution in [1.82, 2.24) is 0 Å². The number of aliphatic hydroxyl groups excluding tert-OH is 1. The van der Waals surface area contributed by atoms with Gasteiger partial charge in [0.1, 0.15) is 5.75 Å². The Labute approximate surface area is 148 Å². The molecule has 2 saturated carbocycles. The third-order valence-corrected chi connectivity index (χ3v) is 6.66. The summed E-state index contributed by atoms with van der Waals surface area (Å²) >= 11 is 0. The van der Waals surface area contributed by atoms with Crippen molar-refractivity contribution in [2.24, 2.45) is 17.3 Å². The third kappa shape index (κ3) is 3.69. The Bertz CT molecular complexity index is 738. The summed E-state index contributed by atoms with van der Waals surface area (Å²) < 4.78 is 31.6. The fourth-order valence-electron chi connectivity index (χ4n) is 5.54. The first-order chi connectivity index (χ1) is 11.6. The van der Waals surface area contributed by atoms with Gasteiger partial charge < -0.3 is 10.2 Å². The Morgan fingerprint density at radius 3 is 2.48 bits per heavy atom. The fourth-order valence-corrected chi connectivity index (χ4v) is 5.54. The predicted molar refractivity (Wildman–Crippen MR) is 92.9 cm³/mol. The van der Waals surface area contributed by atoms with Crippen molar-refractivity contribution in [2.75, 3.05) is 0 Å². The van der Waals surface area contributed by atoms with E-state index in [1.165, 1.54) is 30.4 Å². The average molecular weight is 370 g/mol. The summed E-state index contributed by atoms with van der Waals surface area (Å²) in [6.07, 6.45) is 6.78. The zero-order valence-electron chi connectivity index (χ0n) is 14.3. The van der Waals surface area contributed by atoms with Crippen molar-refractivity contribution in [3.05, 3.63) is 29.3 Å². The van der Waals surface area contributed by atoms with Crippen LogP contribution in [0, 0.1) is 17.3 Å². The average Bonchev–Trinajstić information content (AvgIpc) is 2.81. The SMILES string of the molecule is CC12CCC3c4ccc(O)cc4CCC3C1CCC2O.O=S(=O)(O)O. The number of hydrogen-bond acceptors (Lipinski definition) is 4. The molecule has 0 aromatic heterocycles. The first-order valence-corrected chi connectivity index (χ1v) is 10.2. The summed E-state index contributed by atoms with van der Waals surface area (Å²) in [7, 11) is -4.67. The highest BCUT2D eigenvalue weighted by Gasteiger charge is 2.54. The normalized spacial score (nSPS) is 36.5. The van der Waals surface area contributed by atoms with Crippen LogP contribution >= 0.6 is 0 Å². The molecular weight excluding hydrogens is 344 g/mol. The van der Waals surface area contributed by atoms with Gasteiger partial charge in [0.25, 0.3) is 0 Å². The van der Waals surface area contributed by atoms with Crippen LogP contribution in [0.1, 0.15) is 56.1 Å². The molecule has 0 radical (unpaired) electrons. The quantitative estimate of drug-likeness (QED) is 0.522. The van der Waals surface area contributed by atoms with Crippen LogP contribution in [0.25, 0.3) is 0 Å². The smallest absolute Gasteiger partial charge is 0.394 e. The van der Waals surface area contributed by atoms with Crippen LogP contribution in [-0.2, 0) is 16.8 Å². The zero-order valence-corrected chi connectivity index (χ0v) is 15.1. The number of phenolic OH excluding ortho intramolecular Hbond substituents is 1. The van der Waals surface area contributed by atoms with E-state index in [1.54, 1.807) is 0 Å². The molecule has 3 aliphatic rings. The van der Waals surface area contributed by atoms with E-state index in [9.17, 15) is 10.2 Å². The maximum atomic E-state index is 10.4. The summed E-state index contributed by atoms with van der Waals surface area (Å²) in [4.78, 5) is 0. The van der Waals surface area contributed by atoms with Crippen molar-refractivity contribution in [3.8, 4) is 5.75 Å². The molecule has 0 spiro atoms. The minimum absolute atomic E-state index is 0.0883. The van der Waals surface area contributed by atoms with Crippen molar-refractivity contribution < 1.29 is 27.7 Å². The second-order valence-electron chi connectivity index (χ2n) is 7.88. The van der Waals surface area contributed by atoms with Gasteiger partial charge in [0.15, 0.2) is 0 Å². The van der Waals surface area contributed by atoms with E-state index in [-0.39, 0.29) is 11.5 Å². The molecule has 25 heavy (non-hydrogen) atoms. The Morgan fingerprint density at radius 2 is 1.80 bits per heavy atom. The van der Waals surface area contributed by atoms with E-state index >= 15 is 0 Å². The van der Waals surface area contributed by atoms with Crippen molar-refractivity contribution in [1.29, 1.82) is 0 Å². The summed E-state index contributed by atoms with van der Waals surface area (Å²) in [6.45, 7) is 2.32. The Morgan fingerprint density at radius 1 is 1.12 bits per heavy atom. The molecule has 4 N–H and O–H groups in total. The highest BCUT2D eigenvalue weighted by atomic mass is 32.3. The Hall–Kier alpha value is -1.15. The van der Waals surface area contributed by atoms with Gasteiger partial charge in [0, 0.05) is 0 Å². The minimum Gasteiger partial charge on any atom is -0.508 e. The van der Waals surface area contributed by atoms with E-state index in [1.807, 2.05) is 12.1 Å². The summed E-state index contributed by atoms with van der Waals surface area (Å²) in [5, 5.41) is 20.0. The van der Waals surface area contributed by atoms with Gasteiger partial charge in [0.05, 0.1) is 6.10 Å². The molecule has 0 aliphatic heterocycles. The molecule has 0 bridgehead atoms. The lowest BCUT2D eigenvalue weighted by atomic mass is 9.55. The van der Waals surface area contributed by atoms with Gasteiger partial charge in [0.2, 0.25) is 0 Å². The first-order valence-electron chi connectivity index (χ1n) is 8.79. The van der Waals surface area contributed by atoms with E-state index in [4.69, 9.17) is 17.5 Å². The van der Waals surface area contributed by atoms with Crippen molar-refractivity contribution in [3.63, 3.8) is 0 Å². The van der Waals surface area contributed by atoms with Gasteiger partial charge in [-0.3, -0.25) is 9.11 Å². The molecule has 1 aromatic rings.